The van der Waals surface area contributed by atoms with Crippen LogP contribution in [0.15, 0.2) is 65.8 Å². The summed E-state index contributed by atoms with van der Waals surface area (Å²) >= 11 is 0. The molecule has 3 aromatic rings. The van der Waals surface area contributed by atoms with Gasteiger partial charge in [0.25, 0.3) is 0 Å². The number of furan rings is 1. The van der Waals surface area contributed by atoms with Crippen LogP contribution in [0.4, 0.5) is 4.79 Å². The second-order valence-corrected chi connectivity index (χ2v) is 6.02. The highest BCUT2D eigenvalue weighted by atomic mass is 16.3. The van der Waals surface area contributed by atoms with Gasteiger partial charge in [-0.05, 0) is 30.2 Å². The highest BCUT2D eigenvalue weighted by Gasteiger charge is 2.19. The minimum atomic E-state index is -0.135. The van der Waals surface area contributed by atoms with Crippen molar-refractivity contribution >= 4 is 6.03 Å². The summed E-state index contributed by atoms with van der Waals surface area (Å²) in [7, 11) is 1.76. The quantitative estimate of drug-likeness (QED) is 0.749. The van der Waals surface area contributed by atoms with Crippen LogP contribution in [0.25, 0.3) is 0 Å². The van der Waals surface area contributed by atoms with Crippen molar-refractivity contribution in [3.63, 3.8) is 0 Å². The van der Waals surface area contributed by atoms with E-state index in [1.165, 1.54) is 5.56 Å². The molecular weight excluding hydrogens is 316 g/mol. The van der Waals surface area contributed by atoms with Gasteiger partial charge in [0.15, 0.2) is 0 Å². The van der Waals surface area contributed by atoms with E-state index in [2.05, 4.69) is 22.4 Å². The molecule has 3 rings (SSSR count). The van der Waals surface area contributed by atoms with E-state index in [1.54, 1.807) is 30.7 Å². The molecule has 0 aliphatic rings. The SMILES string of the molecule is CC(c1ccco1)N(C)C(=O)NCc1cccc(Cn2ccnc2)c1. The van der Waals surface area contributed by atoms with Crippen molar-refractivity contribution in [1.82, 2.24) is 19.8 Å². The summed E-state index contributed by atoms with van der Waals surface area (Å²) in [4.78, 5) is 18.0. The Balaban J connectivity index is 1.56. The maximum Gasteiger partial charge on any atom is 0.318 e. The molecule has 0 aliphatic heterocycles. The zero-order valence-electron chi connectivity index (χ0n) is 14.4. The van der Waals surface area contributed by atoms with Gasteiger partial charge >= 0.3 is 6.03 Å². The fourth-order valence-corrected chi connectivity index (χ4v) is 2.63. The first-order valence-electron chi connectivity index (χ1n) is 8.21. The van der Waals surface area contributed by atoms with Crippen LogP contribution in [0.1, 0.15) is 29.9 Å². The molecule has 1 unspecified atom stereocenters. The summed E-state index contributed by atoms with van der Waals surface area (Å²) < 4.78 is 7.38. The van der Waals surface area contributed by atoms with E-state index in [4.69, 9.17) is 4.42 Å². The second-order valence-electron chi connectivity index (χ2n) is 6.02. The number of nitrogens with one attached hydrogen (secondary N) is 1. The normalized spacial score (nSPS) is 11.9. The van der Waals surface area contributed by atoms with Crippen molar-refractivity contribution < 1.29 is 9.21 Å². The zero-order chi connectivity index (χ0) is 17.6. The van der Waals surface area contributed by atoms with Crippen LogP contribution < -0.4 is 5.32 Å². The number of hydrogen-bond donors (Lipinski definition) is 1. The van der Waals surface area contributed by atoms with Gasteiger partial charge in [-0.1, -0.05) is 24.3 Å². The predicted molar refractivity (Wildman–Crippen MR) is 94.9 cm³/mol. The van der Waals surface area contributed by atoms with E-state index in [0.29, 0.717) is 6.54 Å². The van der Waals surface area contributed by atoms with Gasteiger partial charge in [-0.3, -0.25) is 0 Å². The minimum Gasteiger partial charge on any atom is -0.467 e. The lowest BCUT2D eigenvalue weighted by atomic mass is 10.1. The van der Waals surface area contributed by atoms with E-state index in [-0.39, 0.29) is 12.1 Å². The Hall–Kier alpha value is -3.02. The molecule has 1 atom stereocenters. The number of aromatic nitrogens is 2. The van der Waals surface area contributed by atoms with Gasteiger partial charge < -0.3 is 19.2 Å². The van der Waals surface area contributed by atoms with Gasteiger partial charge in [-0.2, -0.15) is 0 Å². The Kier molecular flexibility index (Phi) is 5.18. The van der Waals surface area contributed by atoms with E-state index in [9.17, 15) is 4.79 Å². The Labute approximate surface area is 147 Å². The van der Waals surface area contributed by atoms with Gasteiger partial charge in [0, 0.05) is 32.5 Å². The highest BCUT2D eigenvalue weighted by Crippen LogP contribution is 2.18. The molecule has 0 spiro atoms. The Bertz CT molecular complexity index is 797. The van der Waals surface area contributed by atoms with Gasteiger partial charge in [0.2, 0.25) is 0 Å². The van der Waals surface area contributed by atoms with Crippen LogP contribution in [-0.4, -0.2) is 27.5 Å². The first-order valence-corrected chi connectivity index (χ1v) is 8.21. The summed E-state index contributed by atoms with van der Waals surface area (Å²) in [6.45, 7) is 3.17. The Morgan fingerprint density at radius 3 is 2.88 bits per heavy atom. The molecule has 6 nitrogen and oxygen atoms in total. The smallest absolute Gasteiger partial charge is 0.318 e. The topological polar surface area (TPSA) is 63.3 Å². The number of amides is 2. The molecule has 2 aromatic heterocycles. The van der Waals surface area contributed by atoms with Gasteiger partial charge in [0.1, 0.15) is 5.76 Å². The number of benzene rings is 1. The molecule has 0 saturated carbocycles. The van der Waals surface area contributed by atoms with Crippen LogP contribution in [0.3, 0.4) is 0 Å². The van der Waals surface area contributed by atoms with E-state index >= 15 is 0 Å². The van der Waals surface area contributed by atoms with Crippen LogP contribution in [0, 0.1) is 0 Å². The van der Waals surface area contributed by atoms with Crippen LogP contribution in [0.2, 0.25) is 0 Å². The molecule has 25 heavy (non-hydrogen) atoms. The summed E-state index contributed by atoms with van der Waals surface area (Å²) in [5, 5.41) is 2.95. The maximum absolute atomic E-state index is 12.4. The molecule has 2 heterocycles. The maximum atomic E-state index is 12.4. The molecule has 0 radical (unpaired) electrons. The van der Waals surface area contributed by atoms with Crippen molar-refractivity contribution in [2.45, 2.75) is 26.1 Å². The molecule has 6 heteroatoms. The number of hydrogen-bond acceptors (Lipinski definition) is 3. The van der Waals surface area contributed by atoms with Crippen molar-refractivity contribution in [2.75, 3.05) is 7.05 Å². The standard InChI is InChI=1S/C19H22N4O2/c1-15(18-7-4-10-25-18)22(2)19(24)21-12-16-5-3-6-17(11-16)13-23-9-8-20-14-23/h3-11,14-15H,12-13H2,1-2H3,(H,21,24). The monoisotopic (exact) mass is 338 g/mol. The predicted octanol–water partition coefficient (Wildman–Crippen LogP) is 3.43. The molecule has 1 aromatic carbocycles. The third-order valence-electron chi connectivity index (χ3n) is 4.22. The summed E-state index contributed by atoms with van der Waals surface area (Å²) in [6, 6.07) is 11.6. The van der Waals surface area contributed by atoms with E-state index in [1.807, 2.05) is 42.0 Å². The lowest BCUT2D eigenvalue weighted by Gasteiger charge is -2.23. The van der Waals surface area contributed by atoms with Crippen molar-refractivity contribution in [2.24, 2.45) is 0 Å². The molecule has 0 fully saturated rings. The van der Waals surface area contributed by atoms with Crippen LogP contribution in [0.5, 0.6) is 0 Å². The number of nitrogens with zero attached hydrogens (tertiary/aromatic N) is 3. The fraction of sp³-hybridized carbons (Fsp3) is 0.263. The molecule has 2 amide bonds. The zero-order valence-corrected chi connectivity index (χ0v) is 14.4. The van der Waals surface area contributed by atoms with E-state index in [0.717, 1.165) is 17.9 Å². The third-order valence-corrected chi connectivity index (χ3v) is 4.22. The molecule has 0 aliphatic carbocycles. The van der Waals surface area contributed by atoms with Gasteiger partial charge in [-0.25, -0.2) is 9.78 Å². The molecular formula is C19H22N4O2. The average molecular weight is 338 g/mol. The third kappa shape index (κ3) is 4.29. The highest BCUT2D eigenvalue weighted by molar-refractivity contribution is 5.74. The molecule has 0 saturated heterocycles. The first-order chi connectivity index (χ1) is 12.1. The van der Waals surface area contributed by atoms with Crippen molar-refractivity contribution in [3.8, 4) is 0 Å². The largest absolute Gasteiger partial charge is 0.467 e. The number of rotatable bonds is 6. The first kappa shape index (κ1) is 16.8. The fourth-order valence-electron chi connectivity index (χ4n) is 2.63. The number of imidazole rings is 1. The number of carbonyl (C=O) groups is 1. The van der Waals surface area contributed by atoms with Gasteiger partial charge in [0.05, 0.1) is 18.6 Å². The lowest BCUT2D eigenvalue weighted by molar-refractivity contribution is 0.187. The number of urea groups is 1. The molecule has 1 N–H and O–H groups in total. The van der Waals surface area contributed by atoms with Crippen molar-refractivity contribution in [3.05, 3.63) is 78.3 Å². The van der Waals surface area contributed by atoms with Gasteiger partial charge in [-0.15, -0.1) is 0 Å². The average Bonchev–Trinajstić information content (AvgIpc) is 3.32. The summed E-state index contributed by atoms with van der Waals surface area (Å²) in [5.41, 5.74) is 2.23. The van der Waals surface area contributed by atoms with Crippen LogP contribution >= 0.6 is 0 Å². The lowest BCUT2D eigenvalue weighted by Crippen LogP contribution is -2.38. The summed E-state index contributed by atoms with van der Waals surface area (Å²) in [6.07, 6.45) is 7.10. The molecule has 130 valence electrons. The number of carbonyl (C=O) groups excluding carboxylic acids is 1. The molecule has 0 bridgehead atoms. The second kappa shape index (κ2) is 7.70. The summed E-state index contributed by atoms with van der Waals surface area (Å²) in [5.74, 6) is 0.764. The van der Waals surface area contributed by atoms with Crippen molar-refractivity contribution in [1.29, 1.82) is 0 Å². The Morgan fingerprint density at radius 1 is 1.32 bits per heavy atom. The van der Waals surface area contributed by atoms with Crippen LogP contribution in [-0.2, 0) is 13.1 Å². The minimum absolute atomic E-state index is 0.123. The Morgan fingerprint density at radius 2 is 2.16 bits per heavy atom. The van der Waals surface area contributed by atoms with E-state index < -0.39 is 0 Å².